The zero-order valence-electron chi connectivity index (χ0n) is 28.9. The van der Waals surface area contributed by atoms with Gasteiger partial charge in [0.15, 0.2) is 5.78 Å². The number of pyridine rings is 2. The van der Waals surface area contributed by atoms with E-state index in [1.165, 1.54) is 12.1 Å². The number of nitrogens with zero attached hydrogens (tertiary/aromatic N) is 5. The van der Waals surface area contributed by atoms with Gasteiger partial charge in [-0.05, 0) is 101 Å². The molecule has 0 N–H and O–H groups in total. The lowest BCUT2D eigenvalue weighted by molar-refractivity contribution is -0.139. The summed E-state index contributed by atoms with van der Waals surface area (Å²) in [6.45, 7) is 10.6. The second-order valence-electron chi connectivity index (χ2n) is 15.1. The van der Waals surface area contributed by atoms with Crippen molar-refractivity contribution < 1.29 is 23.5 Å². The van der Waals surface area contributed by atoms with Crippen molar-refractivity contribution >= 4 is 28.7 Å². The van der Waals surface area contributed by atoms with Crippen molar-refractivity contribution in [2.24, 2.45) is 11.8 Å². The van der Waals surface area contributed by atoms with Gasteiger partial charge in [0.1, 0.15) is 17.5 Å². The number of hydrogen-bond donors (Lipinski definition) is 0. The highest BCUT2D eigenvalue weighted by Crippen LogP contribution is 2.44. The number of hydrogen-bond acceptors (Lipinski definition) is 6. The van der Waals surface area contributed by atoms with E-state index in [4.69, 9.17) is 4.74 Å². The number of rotatable bonds is 6. The third-order valence-corrected chi connectivity index (χ3v) is 10.5. The maximum absolute atomic E-state index is 14.8. The minimum atomic E-state index is -0.640. The Hall–Kier alpha value is -4.60. The Morgan fingerprint density at radius 2 is 1.67 bits per heavy atom. The number of piperidine rings is 2. The summed E-state index contributed by atoms with van der Waals surface area (Å²) in [5.74, 6) is -0.308. The Balaban J connectivity index is 1.14. The number of carbonyl (C=O) groups excluding carboxylic acids is 3. The van der Waals surface area contributed by atoms with E-state index in [2.05, 4.69) is 23.8 Å². The number of benzene rings is 1. The van der Waals surface area contributed by atoms with E-state index in [0.29, 0.717) is 37.1 Å². The summed E-state index contributed by atoms with van der Waals surface area (Å²) in [5.41, 5.74) is 3.99. The second kappa shape index (κ2) is 12.7. The van der Waals surface area contributed by atoms with Crippen LogP contribution >= 0.6 is 0 Å². The van der Waals surface area contributed by atoms with Gasteiger partial charge in [-0.2, -0.15) is 0 Å². The molecule has 3 fully saturated rings. The summed E-state index contributed by atoms with van der Waals surface area (Å²) in [7, 11) is 0. The van der Waals surface area contributed by atoms with Gasteiger partial charge in [0, 0.05) is 71.9 Å². The first-order chi connectivity index (χ1) is 23.4. The zero-order valence-corrected chi connectivity index (χ0v) is 28.9. The van der Waals surface area contributed by atoms with Crippen molar-refractivity contribution in [1.29, 1.82) is 0 Å². The fourth-order valence-corrected chi connectivity index (χ4v) is 8.19. The highest BCUT2D eigenvalue weighted by atomic mass is 19.1. The van der Waals surface area contributed by atoms with Crippen molar-refractivity contribution in [3.8, 4) is 16.8 Å². The summed E-state index contributed by atoms with van der Waals surface area (Å²) in [5, 5.41) is 0.777. The molecule has 1 aromatic carbocycles. The van der Waals surface area contributed by atoms with Crippen LogP contribution in [-0.4, -0.2) is 72.9 Å². The van der Waals surface area contributed by atoms with Crippen LogP contribution in [-0.2, 0) is 9.53 Å². The monoisotopic (exact) mass is 665 g/mol. The number of ether oxygens (including phenoxy) is 1. The first-order valence-electron chi connectivity index (χ1n) is 17.4. The minimum Gasteiger partial charge on any atom is -0.444 e. The molecular weight excluding hydrogens is 621 g/mol. The molecule has 0 unspecified atom stereocenters. The van der Waals surface area contributed by atoms with Crippen LogP contribution in [0.4, 0.5) is 9.18 Å². The average Bonchev–Trinajstić information content (AvgIpc) is 3.81. The summed E-state index contributed by atoms with van der Waals surface area (Å²) in [6, 6.07) is 8.04. The number of carbonyl (C=O) groups is 3. The van der Waals surface area contributed by atoms with Gasteiger partial charge in [0.25, 0.3) is 0 Å². The standard InChI is InChI=1S/C39H44FN5O4/c1-23(2)28-10-14-41-20-31(28)30-19-26(40)7-9-33(30)44-22-32(29-11-15-42-21-34(29)44)36(46)24-12-16-43(17-13-24)37(47)35-25-6-8-27(18-25)45(35)38(48)49-39(3,4)5/h7,9-11,14-15,19-25,27,35H,6,8,12-13,16-18H2,1-5H3/t25-,27+,35-/m0/s1. The number of amides is 2. The number of fused-ring (bicyclic) bond motifs is 3. The first kappa shape index (κ1) is 32.9. The Bertz CT molecular complexity index is 1920. The fraction of sp³-hybridized carbons (Fsp3) is 0.462. The summed E-state index contributed by atoms with van der Waals surface area (Å²) < 4.78 is 22.4. The van der Waals surface area contributed by atoms with E-state index in [1.807, 2.05) is 48.6 Å². The summed E-state index contributed by atoms with van der Waals surface area (Å²) in [4.78, 5) is 53.6. The van der Waals surface area contributed by atoms with Gasteiger partial charge in [-0.25, -0.2) is 9.18 Å². The zero-order chi connectivity index (χ0) is 34.6. The highest BCUT2D eigenvalue weighted by Gasteiger charge is 2.53. The average molecular weight is 666 g/mol. The molecule has 5 heterocycles. The van der Waals surface area contributed by atoms with E-state index in [0.717, 1.165) is 47.0 Å². The molecule has 2 saturated heterocycles. The van der Waals surface area contributed by atoms with Gasteiger partial charge in [0.2, 0.25) is 5.91 Å². The number of ketones is 1. The first-order valence-corrected chi connectivity index (χ1v) is 17.4. The van der Waals surface area contributed by atoms with Gasteiger partial charge in [-0.1, -0.05) is 13.8 Å². The predicted octanol–water partition coefficient (Wildman–Crippen LogP) is 7.56. The molecule has 7 rings (SSSR count). The Morgan fingerprint density at radius 1 is 0.939 bits per heavy atom. The van der Waals surface area contributed by atoms with Crippen LogP contribution in [0.25, 0.3) is 27.7 Å². The normalized spacial score (nSPS) is 21.2. The number of Topliss-reactive ketones (excluding diaryl/α,β-unsaturated/α-hetero) is 1. The minimum absolute atomic E-state index is 0.0188. The molecule has 9 nitrogen and oxygen atoms in total. The van der Waals surface area contributed by atoms with Crippen molar-refractivity contribution in [1.82, 2.24) is 24.3 Å². The van der Waals surface area contributed by atoms with Crippen molar-refractivity contribution in [3.63, 3.8) is 0 Å². The van der Waals surface area contributed by atoms with Crippen LogP contribution in [0.3, 0.4) is 0 Å². The number of likely N-dealkylation sites (tertiary alicyclic amines) is 2. The topological polar surface area (TPSA) is 97.6 Å². The molecule has 3 aliphatic rings. The molecular formula is C39H44FN5O4. The predicted molar refractivity (Wildman–Crippen MR) is 185 cm³/mol. The van der Waals surface area contributed by atoms with E-state index in [-0.39, 0.29) is 41.3 Å². The van der Waals surface area contributed by atoms with Crippen LogP contribution in [0, 0.1) is 17.7 Å². The Morgan fingerprint density at radius 3 is 2.41 bits per heavy atom. The molecule has 0 radical (unpaired) electrons. The third-order valence-electron chi connectivity index (χ3n) is 10.5. The fourth-order valence-electron chi connectivity index (χ4n) is 8.19. The summed E-state index contributed by atoms with van der Waals surface area (Å²) >= 11 is 0. The molecule has 10 heteroatoms. The maximum Gasteiger partial charge on any atom is 0.411 e. The number of halogens is 1. The number of aromatic nitrogens is 3. The molecule has 256 valence electrons. The lowest BCUT2D eigenvalue weighted by Crippen LogP contribution is -2.56. The molecule has 4 aromatic rings. The lowest BCUT2D eigenvalue weighted by Gasteiger charge is -2.39. The summed E-state index contributed by atoms with van der Waals surface area (Å²) in [6.07, 6.45) is 12.1. The Labute approximate surface area is 286 Å². The maximum atomic E-state index is 14.8. The Kier molecular flexibility index (Phi) is 8.53. The third kappa shape index (κ3) is 6.10. The van der Waals surface area contributed by atoms with Crippen LogP contribution < -0.4 is 0 Å². The van der Waals surface area contributed by atoms with E-state index in [9.17, 15) is 18.8 Å². The quantitative estimate of drug-likeness (QED) is 0.197. The second-order valence-corrected chi connectivity index (χ2v) is 15.1. The van der Waals surface area contributed by atoms with Gasteiger partial charge in [-0.3, -0.25) is 24.5 Å². The van der Waals surface area contributed by atoms with Gasteiger partial charge >= 0.3 is 6.09 Å². The SMILES string of the molecule is CC(C)c1ccncc1-c1cc(F)ccc1-n1cc(C(=O)C2CCN(C(=O)[C@@H]3[C@H]4CC[C@H](C4)N3C(=O)OC(C)(C)C)CC2)c2ccncc21. The van der Waals surface area contributed by atoms with Gasteiger partial charge < -0.3 is 14.2 Å². The lowest BCUT2D eigenvalue weighted by atomic mass is 9.88. The van der Waals surface area contributed by atoms with Crippen LogP contribution in [0.2, 0.25) is 0 Å². The van der Waals surface area contributed by atoms with Gasteiger partial charge in [0.05, 0.1) is 17.4 Å². The molecule has 49 heavy (non-hydrogen) atoms. The van der Waals surface area contributed by atoms with Crippen molar-refractivity contribution in [2.45, 2.75) is 90.3 Å². The van der Waals surface area contributed by atoms with Crippen LogP contribution in [0.1, 0.15) is 88.6 Å². The molecule has 1 saturated carbocycles. The molecule has 3 aromatic heterocycles. The molecule has 0 spiro atoms. The molecule has 3 atom stereocenters. The van der Waals surface area contributed by atoms with E-state index < -0.39 is 17.7 Å². The smallest absolute Gasteiger partial charge is 0.411 e. The molecule has 2 aliphatic heterocycles. The molecule has 2 amide bonds. The van der Waals surface area contributed by atoms with Gasteiger partial charge in [-0.15, -0.1) is 0 Å². The van der Waals surface area contributed by atoms with Crippen molar-refractivity contribution in [2.75, 3.05) is 13.1 Å². The molecule has 1 aliphatic carbocycles. The largest absolute Gasteiger partial charge is 0.444 e. The van der Waals surface area contributed by atoms with E-state index >= 15 is 0 Å². The van der Waals surface area contributed by atoms with E-state index in [1.54, 1.807) is 35.8 Å². The molecule has 2 bridgehead atoms. The van der Waals surface area contributed by atoms with Crippen LogP contribution in [0.15, 0.2) is 61.3 Å². The highest BCUT2D eigenvalue weighted by molar-refractivity contribution is 6.09. The van der Waals surface area contributed by atoms with Crippen molar-refractivity contribution in [3.05, 3.63) is 78.3 Å². The van der Waals surface area contributed by atoms with Crippen LogP contribution in [0.5, 0.6) is 0 Å².